The molecule has 176 valence electrons. The first-order valence-corrected chi connectivity index (χ1v) is 10.9. The van der Waals surface area contributed by atoms with E-state index >= 15 is 0 Å². The van der Waals surface area contributed by atoms with Crippen molar-refractivity contribution in [1.82, 2.24) is 0 Å². The van der Waals surface area contributed by atoms with E-state index in [9.17, 15) is 9.59 Å². The van der Waals surface area contributed by atoms with Crippen LogP contribution in [0.5, 0.6) is 17.2 Å². The van der Waals surface area contributed by atoms with Gasteiger partial charge in [0.2, 0.25) is 5.91 Å². The first-order valence-electron chi connectivity index (χ1n) is 10.5. The van der Waals surface area contributed by atoms with Crippen molar-refractivity contribution >= 4 is 29.2 Å². The van der Waals surface area contributed by atoms with Crippen LogP contribution >= 0.6 is 11.6 Å². The van der Waals surface area contributed by atoms with Crippen LogP contribution in [0.1, 0.15) is 46.8 Å². The van der Waals surface area contributed by atoms with Crippen LogP contribution in [0, 0.1) is 6.92 Å². The van der Waals surface area contributed by atoms with Gasteiger partial charge in [-0.3, -0.25) is 4.79 Å². The zero-order chi connectivity index (χ0) is 24.1. The number of carbonyl (C=O) groups is 2. The van der Waals surface area contributed by atoms with Crippen molar-refractivity contribution in [2.75, 3.05) is 26.6 Å². The van der Waals surface area contributed by atoms with E-state index < -0.39 is 0 Å². The molecule has 0 spiro atoms. The lowest BCUT2D eigenvalue weighted by molar-refractivity contribution is -0.116. The number of halogens is 1. The number of rotatable bonds is 9. The summed E-state index contributed by atoms with van der Waals surface area (Å²) in [4.78, 5) is 24.6. The summed E-state index contributed by atoms with van der Waals surface area (Å²) in [5.74, 6) is 1.21. The highest BCUT2D eigenvalue weighted by Crippen LogP contribution is 2.42. The van der Waals surface area contributed by atoms with E-state index in [1.54, 1.807) is 25.3 Å². The molecule has 1 N–H and O–H groups in total. The molecule has 0 aliphatic carbocycles. The summed E-state index contributed by atoms with van der Waals surface area (Å²) >= 11 is 6.11. The third kappa shape index (κ3) is 5.25. The molecular weight excluding hydrogens is 446 g/mol. The summed E-state index contributed by atoms with van der Waals surface area (Å²) in [7, 11) is 4.67. The highest BCUT2D eigenvalue weighted by molar-refractivity contribution is 6.32. The number of methoxy groups -OCH3 is 3. The summed E-state index contributed by atoms with van der Waals surface area (Å²) in [6, 6.07) is 5.10. The van der Waals surface area contributed by atoms with Gasteiger partial charge in [0, 0.05) is 23.2 Å². The number of benzene rings is 2. The summed E-state index contributed by atoms with van der Waals surface area (Å²) in [6.45, 7) is 4.09. The molecule has 1 aliphatic heterocycles. The number of anilines is 1. The maximum Gasteiger partial charge on any atom is 0.342 e. The van der Waals surface area contributed by atoms with Crippen LogP contribution in [0.3, 0.4) is 0 Å². The molecule has 1 amide bonds. The second-order valence-corrected chi connectivity index (χ2v) is 8.16. The first-order chi connectivity index (χ1) is 15.8. The topological polar surface area (TPSA) is 83.1 Å². The lowest BCUT2D eigenvalue weighted by Gasteiger charge is -2.18. The molecule has 7 nitrogen and oxygen atoms in total. The van der Waals surface area contributed by atoms with E-state index in [0.717, 1.165) is 22.3 Å². The molecule has 0 radical (unpaired) electrons. The Hall–Kier alpha value is -3.19. The highest BCUT2D eigenvalue weighted by atomic mass is 35.5. The second kappa shape index (κ2) is 10.6. The van der Waals surface area contributed by atoms with E-state index in [1.165, 1.54) is 14.2 Å². The van der Waals surface area contributed by atoms with E-state index in [4.69, 9.17) is 30.5 Å². The molecule has 2 aromatic carbocycles. The van der Waals surface area contributed by atoms with Gasteiger partial charge in [-0.15, -0.1) is 0 Å². The molecule has 3 rings (SSSR count). The fourth-order valence-electron chi connectivity index (χ4n) is 3.89. The third-order valence-electron chi connectivity index (χ3n) is 5.67. The smallest absolute Gasteiger partial charge is 0.342 e. The average Bonchev–Trinajstić information content (AvgIpc) is 3.18. The van der Waals surface area contributed by atoms with Crippen molar-refractivity contribution in [1.29, 1.82) is 0 Å². The van der Waals surface area contributed by atoms with Gasteiger partial charge in [-0.2, -0.15) is 0 Å². The van der Waals surface area contributed by atoms with Crippen molar-refractivity contribution in [3.63, 3.8) is 0 Å². The number of esters is 1. The molecule has 0 saturated heterocycles. The fraction of sp³-hybridized carbons (Fsp3) is 0.360. The van der Waals surface area contributed by atoms with E-state index in [-0.39, 0.29) is 18.5 Å². The largest absolute Gasteiger partial charge is 0.496 e. The number of amides is 1. The van der Waals surface area contributed by atoms with Crippen molar-refractivity contribution in [2.24, 2.45) is 0 Å². The second-order valence-electron chi connectivity index (χ2n) is 7.75. The van der Waals surface area contributed by atoms with Gasteiger partial charge in [0.15, 0.2) is 0 Å². The van der Waals surface area contributed by atoms with Crippen LogP contribution in [-0.4, -0.2) is 33.2 Å². The zero-order valence-corrected chi connectivity index (χ0v) is 20.2. The fourth-order valence-corrected chi connectivity index (χ4v) is 4.15. The lowest BCUT2D eigenvalue weighted by atomic mass is 9.94. The van der Waals surface area contributed by atoms with Crippen molar-refractivity contribution in [2.45, 2.75) is 39.7 Å². The maximum atomic E-state index is 12.4. The Kier molecular flexibility index (Phi) is 7.87. The molecule has 0 bridgehead atoms. The number of cyclic esters (lactones) is 1. The Bertz CT molecular complexity index is 1110. The Labute approximate surface area is 198 Å². The van der Waals surface area contributed by atoms with Gasteiger partial charge in [-0.25, -0.2) is 4.79 Å². The molecule has 0 atom stereocenters. The first kappa shape index (κ1) is 24.5. The SMILES string of the molecule is COc1ccc(NC(=O)CC/C(C)=C/Cc2c(OC)c(C)c3c(c2OC)C(=O)OC3)cc1Cl. The van der Waals surface area contributed by atoms with Gasteiger partial charge in [0.25, 0.3) is 0 Å². The predicted molar refractivity (Wildman–Crippen MR) is 127 cm³/mol. The Morgan fingerprint density at radius 1 is 1.15 bits per heavy atom. The molecule has 0 fully saturated rings. The standard InChI is InChI=1S/C25H28ClNO6/c1-14(7-11-21(28)27-16-8-10-20(30-3)19(26)12-16)6-9-17-23(31-4)15(2)18-13-33-25(29)22(18)24(17)32-5/h6,8,10,12H,7,9,11,13H2,1-5H3,(H,27,28)/b14-6+. The predicted octanol–water partition coefficient (Wildman–Crippen LogP) is 5.25. The van der Waals surface area contributed by atoms with Crippen LogP contribution < -0.4 is 19.5 Å². The minimum atomic E-state index is -0.384. The van der Waals surface area contributed by atoms with Crippen LogP contribution in [-0.2, 0) is 22.6 Å². The van der Waals surface area contributed by atoms with Crippen LogP contribution in [0.4, 0.5) is 5.69 Å². The number of carbonyl (C=O) groups excluding carboxylic acids is 2. The summed E-state index contributed by atoms with van der Waals surface area (Å²) < 4.78 is 21.6. The molecule has 0 aromatic heterocycles. The zero-order valence-electron chi connectivity index (χ0n) is 19.5. The van der Waals surface area contributed by atoms with Crippen molar-refractivity contribution in [3.8, 4) is 17.2 Å². The number of hydrogen-bond donors (Lipinski definition) is 1. The van der Waals surface area contributed by atoms with Crippen LogP contribution in [0.25, 0.3) is 0 Å². The Morgan fingerprint density at radius 2 is 1.88 bits per heavy atom. The van der Waals surface area contributed by atoms with Gasteiger partial charge >= 0.3 is 5.97 Å². The quantitative estimate of drug-likeness (QED) is 0.395. The molecule has 33 heavy (non-hydrogen) atoms. The number of ether oxygens (including phenoxy) is 4. The van der Waals surface area contributed by atoms with Gasteiger partial charge in [-0.05, 0) is 50.5 Å². The number of fused-ring (bicyclic) bond motifs is 1. The molecule has 1 heterocycles. The highest BCUT2D eigenvalue weighted by Gasteiger charge is 2.32. The third-order valence-corrected chi connectivity index (χ3v) is 5.96. The molecule has 0 unspecified atom stereocenters. The monoisotopic (exact) mass is 473 g/mol. The van der Waals surface area contributed by atoms with Crippen LogP contribution in [0.15, 0.2) is 29.8 Å². The minimum absolute atomic E-state index is 0.115. The Balaban J connectivity index is 1.69. The Morgan fingerprint density at radius 3 is 2.52 bits per heavy atom. The molecule has 8 heteroatoms. The minimum Gasteiger partial charge on any atom is -0.496 e. The summed E-state index contributed by atoms with van der Waals surface area (Å²) in [5.41, 5.74) is 4.57. The van der Waals surface area contributed by atoms with Crippen LogP contribution in [0.2, 0.25) is 5.02 Å². The summed E-state index contributed by atoms with van der Waals surface area (Å²) in [5, 5.41) is 3.28. The number of nitrogens with one attached hydrogen (secondary N) is 1. The molecule has 1 aliphatic rings. The maximum absolute atomic E-state index is 12.4. The number of allylic oxidation sites excluding steroid dienone is 2. The van der Waals surface area contributed by atoms with Gasteiger partial charge < -0.3 is 24.3 Å². The molecule has 2 aromatic rings. The molecular formula is C25H28ClNO6. The van der Waals surface area contributed by atoms with Crippen molar-refractivity contribution < 1.29 is 28.5 Å². The van der Waals surface area contributed by atoms with E-state index in [0.29, 0.717) is 52.8 Å². The number of hydrogen-bond acceptors (Lipinski definition) is 6. The van der Waals surface area contributed by atoms with E-state index in [2.05, 4.69) is 5.32 Å². The average molecular weight is 474 g/mol. The van der Waals surface area contributed by atoms with Crippen molar-refractivity contribution in [3.05, 3.63) is 57.1 Å². The van der Waals surface area contributed by atoms with E-state index in [1.807, 2.05) is 19.9 Å². The summed E-state index contributed by atoms with van der Waals surface area (Å²) in [6.07, 6.45) is 3.40. The normalized spacial score (nSPS) is 12.8. The van der Waals surface area contributed by atoms with Gasteiger partial charge in [0.05, 0.1) is 26.4 Å². The van der Waals surface area contributed by atoms with Gasteiger partial charge in [-0.1, -0.05) is 23.3 Å². The van der Waals surface area contributed by atoms with Gasteiger partial charge in [0.1, 0.15) is 29.4 Å². The lowest BCUT2D eigenvalue weighted by Crippen LogP contribution is -2.11. The molecule has 0 saturated carbocycles.